The maximum absolute atomic E-state index is 11.4. The van der Waals surface area contributed by atoms with Crippen molar-refractivity contribution in [3.63, 3.8) is 0 Å². The van der Waals surface area contributed by atoms with E-state index in [9.17, 15) is 9.59 Å². The van der Waals surface area contributed by atoms with Crippen LogP contribution in [-0.2, 0) is 14.3 Å². The first-order chi connectivity index (χ1) is 6.82. The highest BCUT2D eigenvalue weighted by Gasteiger charge is 2.31. The van der Waals surface area contributed by atoms with Gasteiger partial charge >= 0.3 is 0 Å². The van der Waals surface area contributed by atoms with Crippen LogP contribution < -0.4 is 5.73 Å². The minimum atomic E-state index is -0.300. The van der Waals surface area contributed by atoms with Gasteiger partial charge in [-0.2, -0.15) is 0 Å². The van der Waals surface area contributed by atoms with Crippen molar-refractivity contribution in [2.75, 3.05) is 19.8 Å². The lowest BCUT2D eigenvalue weighted by molar-refractivity contribution is -0.159. The molecule has 0 bridgehead atoms. The summed E-state index contributed by atoms with van der Waals surface area (Å²) in [5.74, 6) is -0.600. The first-order valence-corrected chi connectivity index (χ1v) is 4.99. The molecule has 0 aromatic heterocycles. The third kappa shape index (κ3) is 3.00. The fourth-order valence-corrected chi connectivity index (χ4v) is 1.19. The van der Waals surface area contributed by atoms with Gasteiger partial charge in [0.1, 0.15) is 13.2 Å². The molecule has 0 unspecified atom stereocenters. The summed E-state index contributed by atoms with van der Waals surface area (Å²) in [5.41, 5.74) is 5.79. The van der Waals surface area contributed by atoms with Crippen molar-refractivity contribution < 1.29 is 14.3 Å². The van der Waals surface area contributed by atoms with Gasteiger partial charge in [-0.05, 0) is 5.41 Å². The Morgan fingerprint density at radius 2 is 1.80 bits per heavy atom. The van der Waals surface area contributed by atoms with Gasteiger partial charge in [0, 0.05) is 12.6 Å². The Kier molecular flexibility index (Phi) is 3.46. The zero-order valence-electron chi connectivity index (χ0n) is 9.45. The summed E-state index contributed by atoms with van der Waals surface area (Å²) in [5, 5.41) is 0. The molecular weight excluding hydrogens is 196 g/mol. The van der Waals surface area contributed by atoms with Gasteiger partial charge < -0.3 is 10.5 Å². The van der Waals surface area contributed by atoms with Crippen molar-refractivity contribution in [2.45, 2.75) is 26.8 Å². The molecule has 0 spiro atoms. The Labute approximate surface area is 89.6 Å². The van der Waals surface area contributed by atoms with Gasteiger partial charge in [-0.3, -0.25) is 14.5 Å². The molecule has 1 saturated heterocycles. The monoisotopic (exact) mass is 214 g/mol. The molecule has 5 heteroatoms. The molecule has 0 radical (unpaired) electrons. The number of morpholine rings is 1. The standard InChI is InChI=1S/C10H18N2O3/c1-10(2,3)7(11)4-12-8(13)5-15-6-9(12)14/h7H,4-6,11H2,1-3H3/t7-/m1/s1. The Hall–Kier alpha value is -0.940. The summed E-state index contributed by atoms with van der Waals surface area (Å²) < 4.78 is 4.81. The fraction of sp³-hybridized carbons (Fsp3) is 0.800. The van der Waals surface area contributed by atoms with Crippen molar-refractivity contribution >= 4 is 11.8 Å². The molecule has 2 N–H and O–H groups in total. The molecule has 5 nitrogen and oxygen atoms in total. The number of imide groups is 1. The topological polar surface area (TPSA) is 72.6 Å². The van der Waals surface area contributed by atoms with Gasteiger partial charge in [0.05, 0.1) is 0 Å². The second-order valence-corrected chi connectivity index (χ2v) is 4.86. The molecule has 2 amide bonds. The van der Waals surface area contributed by atoms with Crippen molar-refractivity contribution in [1.29, 1.82) is 0 Å². The summed E-state index contributed by atoms with van der Waals surface area (Å²) in [4.78, 5) is 24.0. The summed E-state index contributed by atoms with van der Waals surface area (Å²) in [6.07, 6.45) is 0. The number of hydrogen-bond donors (Lipinski definition) is 1. The summed E-state index contributed by atoms with van der Waals surface area (Å²) in [7, 11) is 0. The van der Waals surface area contributed by atoms with Crippen LogP contribution in [0, 0.1) is 5.41 Å². The molecule has 1 aliphatic rings. The number of carbonyl (C=O) groups excluding carboxylic acids is 2. The number of nitrogens with zero attached hydrogens (tertiary/aromatic N) is 1. The van der Waals surface area contributed by atoms with Gasteiger partial charge in [0.15, 0.2) is 0 Å². The maximum atomic E-state index is 11.4. The number of rotatable bonds is 2. The minimum absolute atomic E-state index is 0.0252. The number of hydrogen-bond acceptors (Lipinski definition) is 4. The van der Waals surface area contributed by atoms with Crippen LogP contribution in [0.1, 0.15) is 20.8 Å². The second kappa shape index (κ2) is 4.28. The van der Waals surface area contributed by atoms with Crippen molar-refractivity contribution in [3.8, 4) is 0 Å². The summed E-state index contributed by atoms with van der Waals surface area (Å²) in [6, 6.07) is -0.219. The molecule has 0 saturated carbocycles. The summed E-state index contributed by atoms with van der Waals surface area (Å²) in [6.45, 7) is 6.16. The van der Waals surface area contributed by atoms with Gasteiger partial charge in [0.2, 0.25) is 0 Å². The SMILES string of the molecule is CC(C)(C)[C@H](N)CN1C(=O)COCC1=O. The molecule has 1 atom stereocenters. The van der Waals surface area contributed by atoms with E-state index in [1.54, 1.807) is 0 Å². The highest BCUT2D eigenvalue weighted by Crippen LogP contribution is 2.18. The average Bonchev–Trinajstić information content (AvgIpc) is 2.09. The van der Waals surface area contributed by atoms with Crippen LogP contribution in [0.2, 0.25) is 0 Å². The largest absolute Gasteiger partial charge is 0.362 e. The van der Waals surface area contributed by atoms with E-state index in [4.69, 9.17) is 10.5 Å². The number of ether oxygens (including phenoxy) is 1. The van der Waals surface area contributed by atoms with Gasteiger partial charge in [-0.25, -0.2) is 0 Å². The summed E-state index contributed by atoms with van der Waals surface area (Å²) >= 11 is 0. The predicted octanol–water partition coefficient (Wildman–Crippen LogP) is -0.255. The van der Waals surface area contributed by atoms with E-state index in [0.717, 1.165) is 0 Å². The fourth-order valence-electron chi connectivity index (χ4n) is 1.19. The Morgan fingerprint density at radius 3 is 2.20 bits per heavy atom. The molecule has 0 aromatic carbocycles. The number of amides is 2. The normalized spacial score (nSPS) is 20.7. The Balaban J connectivity index is 2.63. The first kappa shape index (κ1) is 12.1. The van der Waals surface area contributed by atoms with Crippen molar-refractivity contribution in [2.24, 2.45) is 11.1 Å². The highest BCUT2D eigenvalue weighted by molar-refractivity contribution is 5.98. The zero-order chi connectivity index (χ0) is 11.6. The van der Waals surface area contributed by atoms with Crippen LogP contribution in [0.4, 0.5) is 0 Å². The van der Waals surface area contributed by atoms with Crippen LogP contribution in [0.3, 0.4) is 0 Å². The predicted molar refractivity (Wildman–Crippen MR) is 55.0 cm³/mol. The lowest BCUT2D eigenvalue weighted by atomic mass is 9.87. The van der Waals surface area contributed by atoms with Crippen LogP contribution >= 0.6 is 0 Å². The molecule has 1 rings (SSSR count). The van der Waals surface area contributed by atoms with Crippen molar-refractivity contribution in [1.82, 2.24) is 4.90 Å². The lowest BCUT2D eigenvalue weighted by Gasteiger charge is -2.33. The van der Waals surface area contributed by atoms with Crippen LogP contribution in [0.15, 0.2) is 0 Å². The molecule has 1 aliphatic heterocycles. The average molecular weight is 214 g/mol. The molecule has 0 aromatic rings. The van der Waals surface area contributed by atoms with Crippen LogP contribution in [0.25, 0.3) is 0 Å². The Bertz CT molecular complexity index is 254. The van der Waals surface area contributed by atoms with Gasteiger partial charge in [-0.1, -0.05) is 20.8 Å². The molecule has 1 fully saturated rings. The molecular formula is C10H18N2O3. The van der Waals surface area contributed by atoms with Gasteiger partial charge in [0.25, 0.3) is 11.8 Å². The number of carbonyl (C=O) groups is 2. The van der Waals surface area contributed by atoms with Crippen LogP contribution in [0.5, 0.6) is 0 Å². The van der Waals surface area contributed by atoms with E-state index in [2.05, 4.69) is 0 Å². The molecule has 15 heavy (non-hydrogen) atoms. The second-order valence-electron chi connectivity index (χ2n) is 4.86. The smallest absolute Gasteiger partial charge is 0.255 e. The quantitative estimate of drug-likeness (QED) is 0.643. The zero-order valence-corrected chi connectivity index (χ0v) is 9.45. The molecule has 0 aliphatic carbocycles. The van der Waals surface area contributed by atoms with Crippen molar-refractivity contribution in [3.05, 3.63) is 0 Å². The first-order valence-electron chi connectivity index (χ1n) is 4.99. The number of nitrogens with two attached hydrogens (primary N) is 1. The van der Waals surface area contributed by atoms with E-state index in [1.165, 1.54) is 4.90 Å². The highest BCUT2D eigenvalue weighted by atomic mass is 16.5. The van der Waals surface area contributed by atoms with E-state index in [0.29, 0.717) is 0 Å². The van der Waals surface area contributed by atoms with E-state index < -0.39 is 0 Å². The van der Waals surface area contributed by atoms with Gasteiger partial charge in [-0.15, -0.1) is 0 Å². The third-order valence-electron chi connectivity index (χ3n) is 2.54. The lowest BCUT2D eigenvalue weighted by Crippen LogP contribution is -2.53. The third-order valence-corrected chi connectivity index (χ3v) is 2.54. The molecule has 1 heterocycles. The van der Waals surface area contributed by atoms with E-state index >= 15 is 0 Å². The minimum Gasteiger partial charge on any atom is -0.362 e. The molecule has 86 valence electrons. The van der Waals surface area contributed by atoms with E-state index in [-0.39, 0.29) is 43.0 Å². The van der Waals surface area contributed by atoms with E-state index in [1.807, 2.05) is 20.8 Å². The Morgan fingerprint density at radius 1 is 1.33 bits per heavy atom. The maximum Gasteiger partial charge on any atom is 0.255 e. The van der Waals surface area contributed by atoms with Crippen LogP contribution in [-0.4, -0.2) is 42.5 Å².